The van der Waals surface area contributed by atoms with Crippen LogP contribution in [0, 0.1) is 5.92 Å². The highest BCUT2D eigenvalue weighted by Gasteiger charge is 1.96. The Bertz CT molecular complexity index is 185. The van der Waals surface area contributed by atoms with Crippen LogP contribution >= 0.6 is 0 Å². The first-order chi connectivity index (χ1) is 5.07. The quantitative estimate of drug-likeness (QED) is 0.549. The third-order valence-electron chi connectivity index (χ3n) is 1.32. The van der Waals surface area contributed by atoms with Crippen LogP contribution < -0.4 is 0 Å². The highest BCUT2D eigenvalue weighted by Crippen LogP contribution is 2.09. The van der Waals surface area contributed by atoms with Crippen LogP contribution in [0.4, 0.5) is 0 Å². The second-order valence-corrected chi connectivity index (χ2v) is 2.97. The third kappa shape index (κ3) is 4.54. The largest absolute Gasteiger partial charge is 0.261 e. The highest BCUT2D eigenvalue weighted by atomic mass is 14.7. The molecule has 0 aromatic rings. The summed E-state index contributed by atoms with van der Waals surface area (Å²) in [6, 6.07) is 0. The first-order valence-electron chi connectivity index (χ1n) is 3.93. The molecule has 0 N–H and O–H groups in total. The second kappa shape index (κ2) is 4.89. The van der Waals surface area contributed by atoms with Crippen LogP contribution in [-0.2, 0) is 0 Å². The van der Waals surface area contributed by atoms with Crippen LogP contribution in [-0.4, -0.2) is 6.21 Å². The lowest BCUT2D eigenvalue weighted by molar-refractivity contribution is 0.757. The molecule has 0 rings (SSSR count). The fourth-order valence-electron chi connectivity index (χ4n) is 0.742. The average molecular weight is 151 g/mol. The number of hydrogen-bond donors (Lipinski definition) is 0. The molecular formula is C10H17N. The van der Waals surface area contributed by atoms with Crippen LogP contribution in [0.25, 0.3) is 0 Å². The lowest BCUT2D eigenvalue weighted by atomic mass is 10.1. The maximum Gasteiger partial charge on any atom is 0.0386 e. The molecule has 0 aliphatic rings. The number of hydrogen-bond acceptors (Lipinski definition) is 1. The molecule has 0 heterocycles. The second-order valence-electron chi connectivity index (χ2n) is 2.97. The first kappa shape index (κ1) is 10.2. The van der Waals surface area contributed by atoms with Crippen molar-refractivity contribution in [1.29, 1.82) is 0 Å². The number of aliphatic imine (C=N–C) groups is 1. The molecule has 0 amide bonds. The Morgan fingerprint density at radius 3 is 2.27 bits per heavy atom. The summed E-state index contributed by atoms with van der Waals surface area (Å²) in [7, 11) is 0. The highest BCUT2D eigenvalue weighted by molar-refractivity contribution is 5.77. The lowest BCUT2D eigenvalue weighted by Crippen LogP contribution is -1.90. The van der Waals surface area contributed by atoms with Gasteiger partial charge in [-0.1, -0.05) is 26.5 Å². The van der Waals surface area contributed by atoms with Gasteiger partial charge in [0.1, 0.15) is 0 Å². The van der Waals surface area contributed by atoms with Gasteiger partial charge in [-0.2, -0.15) is 0 Å². The van der Waals surface area contributed by atoms with Crippen molar-refractivity contribution in [1.82, 2.24) is 0 Å². The van der Waals surface area contributed by atoms with Gasteiger partial charge in [0.15, 0.2) is 0 Å². The summed E-state index contributed by atoms with van der Waals surface area (Å²) in [5.41, 5.74) is 2.11. The zero-order chi connectivity index (χ0) is 8.85. The molecule has 0 saturated carbocycles. The fraction of sp³-hybridized carbons (Fsp3) is 0.500. The minimum atomic E-state index is 0.496. The molecule has 0 saturated heterocycles. The molecule has 0 bridgehead atoms. The lowest BCUT2D eigenvalue weighted by Gasteiger charge is -2.03. The molecular weight excluding hydrogens is 134 g/mol. The molecule has 0 aliphatic heterocycles. The van der Waals surface area contributed by atoms with E-state index >= 15 is 0 Å². The van der Waals surface area contributed by atoms with Gasteiger partial charge >= 0.3 is 0 Å². The molecule has 0 radical (unpaired) electrons. The summed E-state index contributed by atoms with van der Waals surface area (Å²) in [6.45, 7) is 12.0. The molecule has 0 spiro atoms. The summed E-state index contributed by atoms with van der Waals surface area (Å²) >= 11 is 0. The van der Waals surface area contributed by atoms with Gasteiger partial charge in [0.2, 0.25) is 0 Å². The predicted octanol–water partition coefficient (Wildman–Crippen LogP) is 3.19. The van der Waals surface area contributed by atoms with Crippen molar-refractivity contribution < 1.29 is 0 Å². The molecule has 0 atom stereocenters. The zero-order valence-corrected chi connectivity index (χ0v) is 7.89. The van der Waals surface area contributed by atoms with Gasteiger partial charge in [0, 0.05) is 11.9 Å². The van der Waals surface area contributed by atoms with Crippen molar-refractivity contribution in [2.45, 2.75) is 27.7 Å². The molecule has 1 nitrogen and oxygen atoms in total. The van der Waals surface area contributed by atoms with E-state index in [1.165, 1.54) is 0 Å². The van der Waals surface area contributed by atoms with E-state index in [9.17, 15) is 0 Å². The van der Waals surface area contributed by atoms with E-state index in [0.717, 1.165) is 11.3 Å². The smallest absolute Gasteiger partial charge is 0.0386 e. The van der Waals surface area contributed by atoms with E-state index in [1.807, 2.05) is 19.9 Å². The number of nitrogens with zero attached hydrogens (tertiary/aromatic N) is 1. The van der Waals surface area contributed by atoms with Crippen LogP contribution in [0.3, 0.4) is 0 Å². The van der Waals surface area contributed by atoms with Gasteiger partial charge in [-0.05, 0) is 25.3 Å². The van der Waals surface area contributed by atoms with Crippen molar-refractivity contribution >= 4 is 6.21 Å². The van der Waals surface area contributed by atoms with E-state index in [4.69, 9.17) is 0 Å². The Balaban J connectivity index is 4.22. The summed E-state index contributed by atoms with van der Waals surface area (Å²) in [5.74, 6) is 0.496. The Morgan fingerprint density at radius 2 is 2.00 bits per heavy atom. The number of rotatable bonds is 3. The summed E-state index contributed by atoms with van der Waals surface area (Å²) in [4.78, 5) is 4.28. The number of allylic oxidation sites excluding steroid dienone is 3. The maximum absolute atomic E-state index is 4.28. The molecule has 0 aromatic carbocycles. The predicted molar refractivity (Wildman–Crippen MR) is 51.9 cm³/mol. The summed E-state index contributed by atoms with van der Waals surface area (Å²) < 4.78 is 0. The first-order valence-corrected chi connectivity index (χ1v) is 3.93. The fourth-order valence-corrected chi connectivity index (χ4v) is 0.742. The van der Waals surface area contributed by atoms with Crippen molar-refractivity contribution in [3.05, 3.63) is 23.9 Å². The van der Waals surface area contributed by atoms with Crippen molar-refractivity contribution in [2.24, 2.45) is 10.9 Å². The van der Waals surface area contributed by atoms with Crippen LogP contribution in [0.15, 0.2) is 28.9 Å². The molecule has 62 valence electrons. The van der Waals surface area contributed by atoms with E-state index in [-0.39, 0.29) is 0 Å². The van der Waals surface area contributed by atoms with E-state index in [1.54, 1.807) is 6.21 Å². The van der Waals surface area contributed by atoms with Gasteiger partial charge in [0.05, 0.1) is 0 Å². The monoisotopic (exact) mass is 151 g/mol. The van der Waals surface area contributed by atoms with Gasteiger partial charge < -0.3 is 0 Å². The Hall–Kier alpha value is -0.850. The third-order valence-corrected chi connectivity index (χ3v) is 1.32. The molecule has 0 aromatic heterocycles. The van der Waals surface area contributed by atoms with Crippen LogP contribution in [0.1, 0.15) is 27.7 Å². The van der Waals surface area contributed by atoms with Crippen LogP contribution in [0.2, 0.25) is 0 Å². The molecule has 11 heavy (non-hydrogen) atoms. The Labute approximate surface area is 69.5 Å². The Morgan fingerprint density at radius 1 is 1.45 bits per heavy atom. The minimum Gasteiger partial charge on any atom is -0.261 e. The standard InChI is InChI=1S/C10H17N/c1-6-10(9(4)5)11-7-8(2)3/h6-7,9H,2H2,1,3-5H3/b10-6-,11-7?. The zero-order valence-electron chi connectivity index (χ0n) is 7.89. The van der Waals surface area contributed by atoms with Gasteiger partial charge in [0.25, 0.3) is 0 Å². The van der Waals surface area contributed by atoms with Gasteiger partial charge in [-0.3, -0.25) is 4.99 Å². The normalized spacial score (nSPS) is 13.0. The van der Waals surface area contributed by atoms with E-state index in [0.29, 0.717) is 5.92 Å². The van der Waals surface area contributed by atoms with Crippen molar-refractivity contribution in [3.8, 4) is 0 Å². The molecule has 0 unspecified atom stereocenters. The summed E-state index contributed by atoms with van der Waals surface area (Å²) in [5, 5.41) is 0. The van der Waals surface area contributed by atoms with Crippen molar-refractivity contribution in [2.75, 3.05) is 0 Å². The van der Waals surface area contributed by atoms with E-state index in [2.05, 4.69) is 25.4 Å². The Kier molecular flexibility index (Phi) is 4.51. The maximum atomic E-state index is 4.28. The topological polar surface area (TPSA) is 12.4 Å². The average Bonchev–Trinajstić information content (AvgIpc) is 1.87. The minimum absolute atomic E-state index is 0.496. The van der Waals surface area contributed by atoms with Gasteiger partial charge in [-0.15, -0.1) is 0 Å². The summed E-state index contributed by atoms with van der Waals surface area (Å²) in [6.07, 6.45) is 3.83. The van der Waals surface area contributed by atoms with E-state index < -0.39 is 0 Å². The van der Waals surface area contributed by atoms with Crippen molar-refractivity contribution in [3.63, 3.8) is 0 Å². The molecule has 0 aliphatic carbocycles. The molecule has 1 heteroatoms. The van der Waals surface area contributed by atoms with Crippen LogP contribution in [0.5, 0.6) is 0 Å². The SMILES string of the molecule is C=C(C)C=N/C(=C\C)C(C)C. The molecule has 0 fully saturated rings. The van der Waals surface area contributed by atoms with Gasteiger partial charge in [-0.25, -0.2) is 0 Å².